The molecule has 2 atom stereocenters. The van der Waals surface area contributed by atoms with Crippen LogP contribution >= 0.6 is 0 Å². The molecule has 1 amide bonds. The van der Waals surface area contributed by atoms with Gasteiger partial charge in [0.2, 0.25) is 5.91 Å². The molecule has 0 saturated carbocycles. The summed E-state index contributed by atoms with van der Waals surface area (Å²) in [6, 6.07) is -0.347. The Kier molecular flexibility index (Phi) is 5.15. The maximum atomic E-state index is 11.9. The lowest BCUT2D eigenvalue weighted by atomic mass is 10.0. The fourth-order valence-electron chi connectivity index (χ4n) is 2.04. The molecule has 0 aliphatic carbocycles. The molecule has 1 saturated heterocycles. The molecule has 1 aliphatic rings. The zero-order valence-corrected chi connectivity index (χ0v) is 10.1. The van der Waals surface area contributed by atoms with Crippen molar-refractivity contribution < 1.29 is 19.4 Å². The van der Waals surface area contributed by atoms with E-state index in [1.165, 1.54) is 6.08 Å². The van der Waals surface area contributed by atoms with E-state index in [-0.39, 0.29) is 25.0 Å². The van der Waals surface area contributed by atoms with Crippen molar-refractivity contribution >= 4 is 11.9 Å². The fraction of sp³-hybridized carbons (Fsp3) is 0.667. The number of carbonyl (C=O) groups is 2. The Morgan fingerprint density at radius 1 is 1.53 bits per heavy atom. The zero-order chi connectivity index (χ0) is 12.8. The molecule has 0 aromatic carbocycles. The average molecular weight is 241 g/mol. The van der Waals surface area contributed by atoms with Gasteiger partial charge in [-0.2, -0.15) is 0 Å². The molecule has 1 rings (SSSR count). The highest BCUT2D eigenvalue weighted by atomic mass is 16.5. The van der Waals surface area contributed by atoms with Crippen LogP contribution in [0.2, 0.25) is 0 Å². The van der Waals surface area contributed by atoms with Gasteiger partial charge in [-0.25, -0.2) is 0 Å². The minimum atomic E-state index is -0.903. The second kappa shape index (κ2) is 6.39. The highest BCUT2D eigenvalue weighted by molar-refractivity contribution is 5.79. The van der Waals surface area contributed by atoms with Crippen LogP contribution in [0.5, 0.6) is 0 Å². The minimum absolute atomic E-state index is 0.0800. The lowest BCUT2D eigenvalue weighted by Gasteiger charge is -2.30. The fourth-order valence-corrected chi connectivity index (χ4v) is 2.04. The van der Waals surface area contributed by atoms with Gasteiger partial charge in [-0.15, -0.1) is 6.58 Å². The van der Waals surface area contributed by atoms with Gasteiger partial charge in [0.25, 0.3) is 0 Å². The zero-order valence-electron chi connectivity index (χ0n) is 10.1. The van der Waals surface area contributed by atoms with Crippen LogP contribution in [0.3, 0.4) is 0 Å². The quantitative estimate of drug-likeness (QED) is 0.702. The van der Waals surface area contributed by atoms with Gasteiger partial charge in [0.1, 0.15) is 5.92 Å². The summed E-state index contributed by atoms with van der Waals surface area (Å²) in [5.41, 5.74) is 0. The minimum Gasteiger partial charge on any atom is -0.481 e. The molecule has 0 aromatic heterocycles. The number of hydrogen-bond acceptors (Lipinski definition) is 3. The molecule has 17 heavy (non-hydrogen) atoms. The highest BCUT2D eigenvalue weighted by Gasteiger charge is 2.39. The predicted molar refractivity (Wildman–Crippen MR) is 62.6 cm³/mol. The van der Waals surface area contributed by atoms with Gasteiger partial charge in [0, 0.05) is 13.0 Å². The summed E-state index contributed by atoms with van der Waals surface area (Å²) in [5, 5.41) is 9.07. The van der Waals surface area contributed by atoms with E-state index >= 15 is 0 Å². The molecule has 0 aromatic rings. The van der Waals surface area contributed by atoms with Gasteiger partial charge >= 0.3 is 5.97 Å². The summed E-state index contributed by atoms with van der Waals surface area (Å²) in [5.74, 6) is -1.60. The number of carbonyl (C=O) groups excluding carboxylic acids is 1. The van der Waals surface area contributed by atoms with Crippen molar-refractivity contribution in [3.63, 3.8) is 0 Å². The SMILES string of the molecule is C=CCC(=O)N(CCC)C1COCC1C(=O)O. The lowest BCUT2D eigenvalue weighted by Crippen LogP contribution is -2.46. The van der Waals surface area contributed by atoms with Gasteiger partial charge in [-0.05, 0) is 6.42 Å². The largest absolute Gasteiger partial charge is 0.481 e. The molecule has 0 radical (unpaired) electrons. The molecule has 1 aliphatic heterocycles. The van der Waals surface area contributed by atoms with E-state index in [0.29, 0.717) is 13.2 Å². The molecule has 5 nitrogen and oxygen atoms in total. The molecular formula is C12H19NO4. The molecule has 1 N–H and O–H groups in total. The van der Waals surface area contributed by atoms with Crippen molar-refractivity contribution in [3.05, 3.63) is 12.7 Å². The number of rotatable bonds is 6. The maximum Gasteiger partial charge on any atom is 0.311 e. The second-order valence-electron chi connectivity index (χ2n) is 4.13. The van der Waals surface area contributed by atoms with E-state index in [1.807, 2.05) is 6.92 Å². The summed E-state index contributed by atoms with van der Waals surface area (Å²) < 4.78 is 5.19. The van der Waals surface area contributed by atoms with Crippen LogP contribution in [0.15, 0.2) is 12.7 Å². The third-order valence-corrected chi connectivity index (χ3v) is 2.87. The van der Waals surface area contributed by atoms with Crippen LogP contribution < -0.4 is 0 Å². The molecule has 2 unspecified atom stereocenters. The maximum absolute atomic E-state index is 11.9. The Morgan fingerprint density at radius 3 is 2.76 bits per heavy atom. The first-order valence-corrected chi connectivity index (χ1v) is 5.82. The third kappa shape index (κ3) is 3.30. The van der Waals surface area contributed by atoms with Crippen molar-refractivity contribution in [2.45, 2.75) is 25.8 Å². The Hall–Kier alpha value is -1.36. The molecule has 1 fully saturated rings. The molecule has 96 valence electrons. The number of hydrogen-bond donors (Lipinski definition) is 1. The standard InChI is InChI=1S/C12H19NO4/c1-3-5-11(14)13(6-4-2)10-8-17-7-9(10)12(15)16/h3,9-10H,1,4-8H2,2H3,(H,15,16). The average Bonchev–Trinajstić information content (AvgIpc) is 2.74. The first-order chi connectivity index (χ1) is 8.11. The molecule has 1 heterocycles. The summed E-state index contributed by atoms with van der Waals surface area (Å²) in [4.78, 5) is 24.6. The Labute approximate surface area is 101 Å². The van der Waals surface area contributed by atoms with Crippen LogP contribution in [0.25, 0.3) is 0 Å². The number of aliphatic carboxylic acids is 1. The normalized spacial score (nSPS) is 23.4. The van der Waals surface area contributed by atoms with Gasteiger partial charge in [-0.1, -0.05) is 13.0 Å². The number of nitrogens with zero attached hydrogens (tertiary/aromatic N) is 1. The monoisotopic (exact) mass is 241 g/mol. The summed E-state index contributed by atoms with van der Waals surface area (Å²) >= 11 is 0. The molecule has 0 bridgehead atoms. The first-order valence-electron chi connectivity index (χ1n) is 5.82. The van der Waals surface area contributed by atoms with Crippen molar-refractivity contribution in [2.24, 2.45) is 5.92 Å². The van der Waals surface area contributed by atoms with Gasteiger partial charge in [0.05, 0.1) is 19.3 Å². The van der Waals surface area contributed by atoms with Gasteiger partial charge in [0.15, 0.2) is 0 Å². The van der Waals surface area contributed by atoms with E-state index < -0.39 is 11.9 Å². The summed E-state index contributed by atoms with van der Waals surface area (Å²) in [7, 11) is 0. The van der Waals surface area contributed by atoms with Crippen molar-refractivity contribution in [1.82, 2.24) is 4.90 Å². The van der Waals surface area contributed by atoms with Crippen molar-refractivity contribution in [1.29, 1.82) is 0 Å². The number of ether oxygens (including phenoxy) is 1. The molecular weight excluding hydrogens is 222 g/mol. The number of carboxylic acids is 1. The first kappa shape index (κ1) is 13.7. The van der Waals surface area contributed by atoms with Crippen molar-refractivity contribution in [2.75, 3.05) is 19.8 Å². The lowest BCUT2D eigenvalue weighted by molar-refractivity contribution is -0.144. The van der Waals surface area contributed by atoms with Crippen LogP contribution in [0.1, 0.15) is 19.8 Å². The van der Waals surface area contributed by atoms with Gasteiger partial charge < -0.3 is 14.7 Å². The van der Waals surface area contributed by atoms with E-state index in [2.05, 4.69) is 6.58 Å². The Balaban J connectivity index is 2.78. The smallest absolute Gasteiger partial charge is 0.311 e. The Morgan fingerprint density at radius 2 is 2.24 bits per heavy atom. The number of carboxylic acid groups (broad SMARTS) is 1. The van der Waals surface area contributed by atoms with Crippen LogP contribution in [0, 0.1) is 5.92 Å². The second-order valence-corrected chi connectivity index (χ2v) is 4.13. The third-order valence-electron chi connectivity index (χ3n) is 2.87. The summed E-state index contributed by atoms with van der Waals surface area (Å²) in [6.45, 7) is 6.53. The van der Waals surface area contributed by atoms with Crippen LogP contribution in [-0.4, -0.2) is 47.7 Å². The predicted octanol–water partition coefficient (Wildman–Crippen LogP) is 0.901. The number of amides is 1. The highest BCUT2D eigenvalue weighted by Crippen LogP contribution is 2.21. The van der Waals surface area contributed by atoms with E-state index in [1.54, 1.807) is 4.90 Å². The molecule has 0 spiro atoms. The Bertz CT molecular complexity index is 303. The van der Waals surface area contributed by atoms with E-state index in [0.717, 1.165) is 6.42 Å². The van der Waals surface area contributed by atoms with E-state index in [4.69, 9.17) is 9.84 Å². The van der Waals surface area contributed by atoms with E-state index in [9.17, 15) is 9.59 Å². The summed E-state index contributed by atoms with van der Waals surface area (Å²) in [6.07, 6.45) is 2.57. The van der Waals surface area contributed by atoms with Crippen molar-refractivity contribution in [3.8, 4) is 0 Å². The van der Waals surface area contributed by atoms with Crippen LogP contribution in [0.4, 0.5) is 0 Å². The van der Waals surface area contributed by atoms with Gasteiger partial charge in [-0.3, -0.25) is 9.59 Å². The molecule has 5 heteroatoms. The topological polar surface area (TPSA) is 66.8 Å². The van der Waals surface area contributed by atoms with Crippen LogP contribution in [-0.2, 0) is 14.3 Å².